The first kappa shape index (κ1) is 36.1. The van der Waals surface area contributed by atoms with Crippen LogP contribution in [0.2, 0.25) is 0 Å². The van der Waals surface area contributed by atoms with E-state index in [4.69, 9.17) is 34.4 Å². The maximum Gasteiger partial charge on any atom is 2.00 e. The van der Waals surface area contributed by atoms with Crippen LogP contribution >= 0.6 is 0 Å². The van der Waals surface area contributed by atoms with Crippen molar-refractivity contribution in [2.75, 3.05) is 39.3 Å². The predicted molar refractivity (Wildman–Crippen MR) is 58.2 cm³/mol. The molecule has 14 N–H and O–H groups in total. The molecule has 0 heterocycles. The third kappa shape index (κ3) is 179. The molecule has 0 aromatic carbocycles. The van der Waals surface area contributed by atoms with Gasteiger partial charge in [0.1, 0.15) is 0 Å². The molecule has 0 aliphatic heterocycles. The first-order valence-electron chi connectivity index (χ1n) is 3.95. The molecule has 0 unspecified atom stereocenters. The molecule has 0 radical (unpaired) electrons. The van der Waals surface area contributed by atoms with Crippen LogP contribution < -0.4 is 34.4 Å². The summed E-state index contributed by atoms with van der Waals surface area (Å²) in [4.78, 5) is 0. The van der Waals surface area contributed by atoms with Crippen LogP contribution in [-0.4, -0.2) is 50.2 Å². The van der Waals surface area contributed by atoms with Crippen LogP contribution in [0.3, 0.4) is 0 Å². The van der Waals surface area contributed by atoms with Gasteiger partial charge in [-0.05, 0) is 0 Å². The van der Waals surface area contributed by atoms with Crippen molar-refractivity contribution in [3.63, 3.8) is 0 Å². The van der Waals surface area contributed by atoms with E-state index in [-0.39, 0.29) is 38.3 Å². The van der Waals surface area contributed by atoms with Crippen LogP contribution in [0.4, 0.5) is 0 Å². The van der Waals surface area contributed by atoms with E-state index in [1.54, 1.807) is 0 Å². The number of rotatable bonds is 3. The molecule has 0 bridgehead atoms. The first-order valence-corrected chi connectivity index (χ1v) is 3.95. The van der Waals surface area contributed by atoms with E-state index in [0.717, 1.165) is 0 Å². The van der Waals surface area contributed by atoms with Gasteiger partial charge >= 0.3 is 27.3 Å². The molecule has 0 saturated heterocycles. The standard InChI is InChI=1S/3C2H8N2.Cd.2H2O/c3*3-1-2-4;;;/h3*1-4H2;;2*1H2/q;;;+2;;/p-2. The molecule has 0 amide bonds. The van der Waals surface area contributed by atoms with Gasteiger partial charge in [-0.1, -0.05) is 0 Å². The predicted octanol–water partition coefficient (Wildman–Crippen LogP) is -3.64. The Balaban J connectivity index is -0.0000000184. The summed E-state index contributed by atoms with van der Waals surface area (Å²) in [6.45, 7) is 3.58. The summed E-state index contributed by atoms with van der Waals surface area (Å²) in [6, 6.07) is 0. The minimum atomic E-state index is 0. The third-order valence-electron chi connectivity index (χ3n) is 0.500. The van der Waals surface area contributed by atoms with Gasteiger partial charge in [-0.2, -0.15) is 0 Å². The quantitative estimate of drug-likeness (QED) is 0.283. The van der Waals surface area contributed by atoms with E-state index in [2.05, 4.69) is 0 Å². The average Bonchev–Trinajstić information content (AvgIpc) is 2.18. The van der Waals surface area contributed by atoms with Crippen molar-refractivity contribution in [2.24, 2.45) is 34.4 Å². The van der Waals surface area contributed by atoms with Crippen molar-refractivity contribution in [2.45, 2.75) is 0 Å². The molecule has 0 spiro atoms. The molecule has 0 aromatic rings. The molecule has 0 saturated carbocycles. The van der Waals surface area contributed by atoms with E-state index in [0.29, 0.717) is 39.3 Å². The maximum absolute atomic E-state index is 4.90. The normalized spacial score (nSPS) is 6.00. The molecule has 15 heavy (non-hydrogen) atoms. The maximum atomic E-state index is 4.90. The molecule has 8 nitrogen and oxygen atoms in total. The van der Waals surface area contributed by atoms with Gasteiger partial charge in [0.25, 0.3) is 0 Å². The number of hydrogen-bond donors (Lipinski definition) is 6. The molecule has 0 aliphatic rings. The fraction of sp³-hybridized carbons (Fsp3) is 1.00. The Bertz CT molecular complexity index is 41.1. The molecular formula is C6H26CdN6O2. The van der Waals surface area contributed by atoms with E-state index in [1.165, 1.54) is 0 Å². The Kier molecular flexibility index (Phi) is 149. The molecule has 94 valence electrons. The fourth-order valence-corrected chi connectivity index (χ4v) is 0. The molecule has 0 aromatic heterocycles. The third-order valence-corrected chi connectivity index (χ3v) is 0.500. The zero-order valence-corrected chi connectivity index (χ0v) is 13.3. The van der Waals surface area contributed by atoms with Crippen molar-refractivity contribution in [3.05, 3.63) is 0 Å². The monoisotopic (exact) mass is 328 g/mol. The summed E-state index contributed by atoms with van der Waals surface area (Å²) >= 11 is 0. The summed E-state index contributed by atoms with van der Waals surface area (Å²) < 4.78 is 0. The van der Waals surface area contributed by atoms with Crippen LogP contribution in [0.25, 0.3) is 0 Å². The van der Waals surface area contributed by atoms with Crippen LogP contribution in [0.1, 0.15) is 0 Å². The van der Waals surface area contributed by atoms with Crippen molar-refractivity contribution in [3.8, 4) is 0 Å². The molecule has 9 heteroatoms. The van der Waals surface area contributed by atoms with Crippen molar-refractivity contribution < 1.29 is 38.3 Å². The molecule has 0 fully saturated rings. The van der Waals surface area contributed by atoms with E-state index in [9.17, 15) is 0 Å². The number of hydrogen-bond acceptors (Lipinski definition) is 8. The second kappa shape index (κ2) is 62.0. The summed E-state index contributed by atoms with van der Waals surface area (Å²) in [7, 11) is 0. The van der Waals surface area contributed by atoms with E-state index >= 15 is 0 Å². The second-order valence-corrected chi connectivity index (χ2v) is 1.73. The van der Waals surface area contributed by atoms with E-state index in [1.807, 2.05) is 0 Å². The molecular weight excluding hydrogens is 301 g/mol. The largest absolute Gasteiger partial charge is 2.00 e. The van der Waals surface area contributed by atoms with Crippen LogP contribution in [0.5, 0.6) is 0 Å². The molecule has 0 rings (SSSR count). The van der Waals surface area contributed by atoms with Crippen molar-refractivity contribution >= 4 is 0 Å². The minimum Gasteiger partial charge on any atom is -0.870 e. The van der Waals surface area contributed by atoms with Gasteiger partial charge < -0.3 is 45.4 Å². The first-order chi connectivity index (χ1) is 5.74. The summed E-state index contributed by atoms with van der Waals surface area (Å²) in [5, 5.41) is 0. The van der Waals surface area contributed by atoms with Gasteiger partial charge in [-0.25, -0.2) is 0 Å². The molecule has 0 aliphatic carbocycles. The average molecular weight is 327 g/mol. The van der Waals surface area contributed by atoms with Crippen LogP contribution in [-0.2, 0) is 27.3 Å². The number of nitrogens with two attached hydrogens (primary N) is 6. The van der Waals surface area contributed by atoms with Gasteiger partial charge in [-0.15, -0.1) is 0 Å². The minimum absolute atomic E-state index is 0. The fourth-order valence-electron chi connectivity index (χ4n) is 0. The van der Waals surface area contributed by atoms with Crippen molar-refractivity contribution in [1.82, 2.24) is 0 Å². The zero-order chi connectivity index (χ0) is 10.2. The Morgan fingerprint density at radius 2 is 0.467 bits per heavy atom. The van der Waals surface area contributed by atoms with Gasteiger partial charge in [0, 0.05) is 39.3 Å². The van der Waals surface area contributed by atoms with E-state index < -0.39 is 0 Å². The van der Waals surface area contributed by atoms with Gasteiger partial charge in [-0.3, -0.25) is 0 Å². The van der Waals surface area contributed by atoms with Crippen LogP contribution in [0, 0.1) is 0 Å². The molecule has 0 atom stereocenters. The van der Waals surface area contributed by atoms with Gasteiger partial charge in [0.2, 0.25) is 0 Å². The Hall–Kier alpha value is 0.602. The SMILES string of the molecule is NCCN.NCCN.NCCN.[Cd+2].[OH-].[OH-]. The Labute approximate surface area is 112 Å². The second-order valence-electron chi connectivity index (χ2n) is 1.73. The van der Waals surface area contributed by atoms with Crippen molar-refractivity contribution in [1.29, 1.82) is 0 Å². The summed E-state index contributed by atoms with van der Waals surface area (Å²) in [5.74, 6) is 0. The smallest absolute Gasteiger partial charge is 0.870 e. The summed E-state index contributed by atoms with van der Waals surface area (Å²) in [5.41, 5.74) is 29.4. The Morgan fingerprint density at radius 3 is 0.467 bits per heavy atom. The topological polar surface area (TPSA) is 216 Å². The Morgan fingerprint density at radius 1 is 0.400 bits per heavy atom. The van der Waals surface area contributed by atoms with Gasteiger partial charge in [0.05, 0.1) is 0 Å². The van der Waals surface area contributed by atoms with Gasteiger partial charge in [0.15, 0.2) is 0 Å². The van der Waals surface area contributed by atoms with Crippen LogP contribution in [0.15, 0.2) is 0 Å². The zero-order valence-electron chi connectivity index (χ0n) is 9.31. The summed E-state index contributed by atoms with van der Waals surface area (Å²) in [6.07, 6.45) is 0.